The summed E-state index contributed by atoms with van der Waals surface area (Å²) in [5.74, 6) is 0.0735. The van der Waals surface area contributed by atoms with Crippen LogP contribution in [-0.4, -0.2) is 24.6 Å². The van der Waals surface area contributed by atoms with Crippen molar-refractivity contribution in [1.82, 2.24) is 5.32 Å². The van der Waals surface area contributed by atoms with E-state index in [9.17, 15) is 9.59 Å². The lowest BCUT2D eigenvalue weighted by Crippen LogP contribution is -2.47. The van der Waals surface area contributed by atoms with Gasteiger partial charge in [0.05, 0.1) is 6.61 Å². The molecule has 6 nitrogen and oxygen atoms in total. The summed E-state index contributed by atoms with van der Waals surface area (Å²) in [6, 6.07) is 15.2. The van der Waals surface area contributed by atoms with Crippen LogP contribution in [0, 0.1) is 5.92 Å². The Morgan fingerprint density at radius 1 is 1.00 bits per heavy atom. The van der Waals surface area contributed by atoms with Crippen LogP contribution < -0.4 is 15.4 Å². The molecule has 2 N–H and O–H groups in total. The van der Waals surface area contributed by atoms with Crippen LogP contribution in [0.1, 0.15) is 26.3 Å². The molecule has 2 rings (SSSR count). The molecule has 0 spiro atoms. The number of carbonyl (C=O) groups is 2. The van der Waals surface area contributed by atoms with Gasteiger partial charge in [-0.1, -0.05) is 50.2 Å². The zero-order valence-corrected chi connectivity index (χ0v) is 15.9. The maximum absolute atomic E-state index is 12.5. The van der Waals surface area contributed by atoms with Crippen molar-refractivity contribution in [3.05, 3.63) is 60.2 Å². The first-order valence-corrected chi connectivity index (χ1v) is 9.01. The number of nitrogens with one attached hydrogen (secondary N) is 2. The number of carbonyl (C=O) groups excluding carboxylic acids is 2. The number of hydrogen-bond donors (Lipinski definition) is 2. The number of esters is 1. The fourth-order valence-corrected chi connectivity index (χ4v) is 2.49. The van der Waals surface area contributed by atoms with Crippen LogP contribution >= 0.6 is 0 Å². The van der Waals surface area contributed by atoms with E-state index < -0.39 is 18.0 Å². The third-order valence-corrected chi connectivity index (χ3v) is 3.88. The largest absolute Gasteiger partial charge is 0.493 e. The van der Waals surface area contributed by atoms with Gasteiger partial charge in [-0.2, -0.15) is 0 Å². The van der Waals surface area contributed by atoms with Crippen LogP contribution in [0.5, 0.6) is 5.75 Å². The van der Waals surface area contributed by atoms with Crippen molar-refractivity contribution in [2.24, 2.45) is 5.92 Å². The van der Waals surface area contributed by atoms with Gasteiger partial charge in [0.15, 0.2) is 0 Å². The smallest absolute Gasteiger partial charge is 0.329 e. The number of anilines is 1. The van der Waals surface area contributed by atoms with Crippen molar-refractivity contribution in [3.8, 4) is 5.75 Å². The van der Waals surface area contributed by atoms with E-state index in [0.717, 1.165) is 5.56 Å². The van der Waals surface area contributed by atoms with Crippen LogP contribution in [0.4, 0.5) is 10.5 Å². The van der Waals surface area contributed by atoms with Crippen molar-refractivity contribution >= 4 is 17.7 Å². The number of benzene rings is 2. The van der Waals surface area contributed by atoms with Gasteiger partial charge in [0.25, 0.3) is 0 Å². The van der Waals surface area contributed by atoms with Crippen LogP contribution in [0.2, 0.25) is 0 Å². The summed E-state index contributed by atoms with van der Waals surface area (Å²) in [4.78, 5) is 24.7. The molecule has 0 aromatic heterocycles. The molecule has 144 valence electrons. The summed E-state index contributed by atoms with van der Waals surface area (Å²) >= 11 is 0. The van der Waals surface area contributed by atoms with E-state index in [-0.39, 0.29) is 12.5 Å². The summed E-state index contributed by atoms with van der Waals surface area (Å²) in [6.45, 7) is 6.21. The summed E-state index contributed by atoms with van der Waals surface area (Å²) in [5, 5.41) is 5.39. The number of rotatable bonds is 8. The van der Waals surface area contributed by atoms with Gasteiger partial charge in [0.1, 0.15) is 18.4 Å². The second kappa shape index (κ2) is 10.2. The molecule has 0 bridgehead atoms. The molecular weight excluding hydrogens is 344 g/mol. The Hall–Kier alpha value is -3.02. The van der Waals surface area contributed by atoms with Crippen molar-refractivity contribution in [2.75, 3.05) is 11.9 Å². The highest BCUT2D eigenvalue weighted by atomic mass is 16.5. The minimum Gasteiger partial charge on any atom is -0.493 e. The van der Waals surface area contributed by atoms with Gasteiger partial charge in [0, 0.05) is 11.3 Å². The number of urea groups is 1. The Bertz CT molecular complexity index is 747. The summed E-state index contributed by atoms with van der Waals surface area (Å²) < 4.78 is 11.0. The summed E-state index contributed by atoms with van der Waals surface area (Å²) in [7, 11) is 0. The fourth-order valence-electron chi connectivity index (χ4n) is 2.49. The molecule has 1 atom stereocenters. The van der Waals surface area contributed by atoms with Gasteiger partial charge in [0.2, 0.25) is 0 Å². The Morgan fingerprint density at radius 2 is 1.67 bits per heavy atom. The molecule has 0 aliphatic carbocycles. The lowest BCUT2D eigenvalue weighted by atomic mass is 10.1. The first kappa shape index (κ1) is 20.3. The first-order chi connectivity index (χ1) is 13.0. The average molecular weight is 370 g/mol. The molecule has 0 heterocycles. The van der Waals surface area contributed by atoms with Gasteiger partial charge in [-0.05, 0) is 31.0 Å². The molecule has 0 saturated heterocycles. The molecule has 27 heavy (non-hydrogen) atoms. The molecule has 0 unspecified atom stereocenters. The SMILES string of the molecule is CCOc1ccccc1COC(=O)[C@@H](NC(=O)Nc1ccccc1)C(C)C. The Balaban J connectivity index is 1.95. The van der Waals surface area contributed by atoms with E-state index in [1.54, 1.807) is 12.1 Å². The number of para-hydroxylation sites is 2. The molecule has 0 fully saturated rings. The number of ether oxygens (including phenoxy) is 2. The molecule has 6 heteroatoms. The molecule has 0 aliphatic rings. The quantitative estimate of drug-likeness (QED) is 0.689. The summed E-state index contributed by atoms with van der Waals surface area (Å²) in [5.41, 5.74) is 1.43. The van der Waals surface area contributed by atoms with Crippen LogP contribution in [0.3, 0.4) is 0 Å². The van der Waals surface area contributed by atoms with E-state index >= 15 is 0 Å². The van der Waals surface area contributed by atoms with Crippen LogP contribution in [0.15, 0.2) is 54.6 Å². The Labute approximate surface area is 159 Å². The van der Waals surface area contributed by atoms with Gasteiger partial charge >= 0.3 is 12.0 Å². The second-order valence-electron chi connectivity index (χ2n) is 6.33. The third kappa shape index (κ3) is 6.33. The highest BCUT2D eigenvalue weighted by Gasteiger charge is 2.26. The predicted molar refractivity (Wildman–Crippen MR) is 105 cm³/mol. The zero-order chi connectivity index (χ0) is 19.6. The van der Waals surface area contributed by atoms with Crippen molar-refractivity contribution in [2.45, 2.75) is 33.4 Å². The molecule has 0 saturated carbocycles. The van der Waals surface area contributed by atoms with E-state index in [1.807, 2.05) is 63.2 Å². The average Bonchev–Trinajstić information content (AvgIpc) is 2.66. The minimum atomic E-state index is -0.757. The fraction of sp³-hybridized carbons (Fsp3) is 0.333. The minimum absolute atomic E-state index is 0.0835. The molecule has 2 aromatic rings. The molecule has 0 aliphatic heterocycles. The monoisotopic (exact) mass is 370 g/mol. The lowest BCUT2D eigenvalue weighted by molar-refractivity contribution is -0.148. The number of amides is 2. The summed E-state index contributed by atoms with van der Waals surface area (Å²) in [6.07, 6.45) is 0. The maximum atomic E-state index is 12.5. The second-order valence-corrected chi connectivity index (χ2v) is 6.33. The van der Waals surface area contributed by atoms with Gasteiger partial charge in [-0.3, -0.25) is 0 Å². The van der Waals surface area contributed by atoms with E-state index in [2.05, 4.69) is 10.6 Å². The molecular formula is C21H26N2O4. The predicted octanol–water partition coefficient (Wildman–Crippen LogP) is 3.97. The highest BCUT2D eigenvalue weighted by molar-refractivity contribution is 5.92. The lowest BCUT2D eigenvalue weighted by Gasteiger charge is -2.21. The van der Waals surface area contributed by atoms with E-state index in [0.29, 0.717) is 18.0 Å². The van der Waals surface area contributed by atoms with Crippen LogP contribution in [-0.2, 0) is 16.1 Å². The van der Waals surface area contributed by atoms with Gasteiger partial charge in [-0.25, -0.2) is 9.59 Å². The van der Waals surface area contributed by atoms with E-state index in [4.69, 9.17) is 9.47 Å². The maximum Gasteiger partial charge on any atom is 0.329 e. The van der Waals surface area contributed by atoms with Crippen molar-refractivity contribution in [1.29, 1.82) is 0 Å². The third-order valence-electron chi connectivity index (χ3n) is 3.88. The Kier molecular flexibility index (Phi) is 7.67. The number of hydrogen-bond acceptors (Lipinski definition) is 4. The first-order valence-electron chi connectivity index (χ1n) is 9.01. The molecule has 0 radical (unpaired) electrons. The molecule has 2 amide bonds. The van der Waals surface area contributed by atoms with Crippen LogP contribution in [0.25, 0.3) is 0 Å². The van der Waals surface area contributed by atoms with Gasteiger partial charge < -0.3 is 20.1 Å². The normalized spacial score (nSPS) is 11.6. The Morgan fingerprint density at radius 3 is 2.33 bits per heavy atom. The highest BCUT2D eigenvalue weighted by Crippen LogP contribution is 2.19. The molecule has 2 aromatic carbocycles. The van der Waals surface area contributed by atoms with E-state index in [1.165, 1.54) is 0 Å². The van der Waals surface area contributed by atoms with Crippen molar-refractivity contribution in [3.63, 3.8) is 0 Å². The van der Waals surface area contributed by atoms with Crippen molar-refractivity contribution < 1.29 is 19.1 Å². The topological polar surface area (TPSA) is 76.7 Å². The zero-order valence-electron chi connectivity index (χ0n) is 15.9. The standard InChI is InChI=1S/C21H26N2O4/c1-4-26-18-13-9-8-10-16(18)14-27-20(24)19(15(2)3)23-21(25)22-17-11-6-5-7-12-17/h5-13,15,19H,4,14H2,1-3H3,(H2,22,23,25)/t19-/m0/s1. The van der Waals surface area contributed by atoms with Gasteiger partial charge in [-0.15, -0.1) is 0 Å².